The Balaban J connectivity index is 1.85. The number of benzene rings is 2. The summed E-state index contributed by atoms with van der Waals surface area (Å²) < 4.78 is 21.8. The lowest BCUT2D eigenvalue weighted by Gasteiger charge is -2.27. The summed E-state index contributed by atoms with van der Waals surface area (Å²) in [5, 5.41) is 9.85. The Kier molecular flexibility index (Phi) is 6.37. The first-order valence-electron chi connectivity index (χ1n) is 10.5. The molecule has 1 atom stereocenters. The van der Waals surface area contributed by atoms with Crippen molar-refractivity contribution in [1.29, 1.82) is 0 Å². The molecule has 1 aromatic heterocycles. The third-order valence-electron chi connectivity index (χ3n) is 5.87. The Hall–Kier alpha value is -3.45. The molecule has 2 heterocycles. The lowest BCUT2D eigenvalue weighted by Crippen LogP contribution is -2.33. The predicted octanol–water partition coefficient (Wildman–Crippen LogP) is 4.16. The molecule has 1 unspecified atom stereocenters. The van der Waals surface area contributed by atoms with Crippen molar-refractivity contribution < 1.29 is 28.5 Å². The minimum absolute atomic E-state index is 0.0176. The number of carbonyl (C=O) groups is 1. The van der Waals surface area contributed by atoms with Crippen LogP contribution in [-0.2, 0) is 0 Å². The van der Waals surface area contributed by atoms with Gasteiger partial charge >= 0.3 is 0 Å². The first-order valence-corrected chi connectivity index (χ1v) is 10.5. The molecule has 0 spiro atoms. The first kappa shape index (κ1) is 21.8. The van der Waals surface area contributed by atoms with Gasteiger partial charge in [-0.05, 0) is 55.3 Å². The maximum absolute atomic E-state index is 13.8. The van der Waals surface area contributed by atoms with Gasteiger partial charge in [0.2, 0.25) is 5.75 Å². The highest BCUT2D eigenvalue weighted by Gasteiger charge is 2.29. The molecule has 1 saturated heterocycles. The largest absolute Gasteiger partial charge is 0.493 e. The molecule has 32 heavy (non-hydrogen) atoms. The van der Waals surface area contributed by atoms with Crippen LogP contribution in [0.25, 0.3) is 11.3 Å². The molecule has 1 aliphatic heterocycles. The van der Waals surface area contributed by atoms with Gasteiger partial charge in [-0.15, -0.1) is 0 Å². The van der Waals surface area contributed by atoms with Crippen molar-refractivity contribution in [2.24, 2.45) is 0 Å². The normalized spacial score (nSPS) is 15.6. The first-order chi connectivity index (χ1) is 15.6. The van der Waals surface area contributed by atoms with Crippen LogP contribution < -0.4 is 19.1 Å². The Bertz CT molecular complexity index is 1070. The van der Waals surface area contributed by atoms with Crippen LogP contribution in [0, 0.1) is 0 Å². The fourth-order valence-electron chi connectivity index (χ4n) is 4.27. The summed E-state index contributed by atoms with van der Waals surface area (Å²) in [4.78, 5) is 15.9. The van der Waals surface area contributed by atoms with Gasteiger partial charge < -0.3 is 28.6 Å². The molecule has 168 valence electrons. The highest BCUT2D eigenvalue weighted by molar-refractivity contribution is 6.13. The zero-order valence-corrected chi connectivity index (χ0v) is 18.5. The second kappa shape index (κ2) is 9.36. The van der Waals surface area contributed by atoms with Crippen LogP contribution >= 0.6 is 0 Å². The van der Waals surface area contributed by atoms with E-state index in [1.165, 1.54) is 21.3 Å². The van der Waals surface area contributed by atoms with Gasteiger partial charge in [0.05, 0.1) is 40.2 Å². The van der Waals surface area contributed by atoms with Gasteiger partial charge in [-0.25, -0.2) is 0 Å². The summed E-state index contributed by atoms with van der Waals surface area (Å²) in [5.74, 6) is 1.74. The number of aliphatic hydroxyl groups is 1. The molecule has 0 amide bonds. The predicted molar refractivity (Wildman–Crippen MR) is 121 cm³/mol. The topological polar surface area (TPSA) is 81.4 Å². The SMILES string of the molecule is COc1cc(C(=O)c2cc(-c3ccco3)ccc2N2CCCC2CO)cc(OC)c1OC. The Morgan fingerprint density at radius 1 is 1.09 bits per heavy atom. The Morgan fingerprint density at radius 2 is 1.84 bits per heavy atom. The standard InChI is InChI=1S/C25H27NO6/c1-29-22-13-17(14-23(30-2)25(22)31-3)24(28)19-12-16(21-7-5-11-32-21)8-9-20(19)26-10-4-6-18(26)15-27/h5,7-9,11-14,18,27H,4,6,10,15H2,1-3H3. The van der Waals surface area contributed by atoms with Crippen molar-refractivity contribution in [3.05, 3.63) is 59.9 Å². The van der Waals surface area contributed by atoms with Crippen molar-refractivity contribution >= 4 is 11.5 Å². The summed E-state index contributed by atoms with van der Waals surface area (Å²) >= 11 is 0. The van der Waals surface area contributed by atoms with Gasteiger partial charge in [-0.3, -0.25) is 4.79 Å². The third-order valence-corrected chi connectivity index (χ3v) is 5.87. The molecule has 1 aliphatic rings. The van der Waals surface area contributed by atoms with E-state index in [2.05, 4.69) is 4.90 Å². The van der Waals surface area contributed by atoms with Gasteiger partial charge in [0.1, 0.15) is 5.76 Å². The van der Waals surface area contributed by atoms with Gasteiger partial charge in [-0.2, -0.15) is 0 Å². The van der Waals surface area contributed by atoms with Crippen LogP contribution in [0.2, 0.25) is 0 Å². The summed E-state index contributed by atoms with van der Waals surface area (Å²) in [7, 11) is 4.56. The zero-order chi connectivity index (χ0) is 22.7. The number of rotatable bonds is 8. The number of ketones is 1. The van der Waals surface area contributed by atoms with Crippen LogP contribution in [0.4, 0.5) is 5.69 Å². The maximum atomic E-state index is 13.8. The van der Waals surface area contributed by atoms with E-state index in [9.17, 15) is 9.90 Å². The maximum Gasteiger partial charge on any atom is 0.203 e. The van der Waals surface area contributed by atoms with Crippen LogP contribution in [0.1, 0.15) is 28.8 Å². The molecule has 2 aromatic carbocycles. The Morgan fingerprint density at radius 3 is 2.44 bits per heavy atom. The molecule has 4 rings (SSSR count). The smallest absolute Gasteiger partial charge is 0.203 e. The van der Waals surface area contributed by atoms with E-state index in [1.54, 1.807) is 18.4 Å². The average molecular weight is 437 g/mol. The van der Waals surface area contributed by atoms with Crippen molar-refractivity contribution in [1.82, 2.24) is 0 Å². The number of hydrogen-bond acceptors (Lipinski definition) is 7. The van der Waals surface area contributed by atoms with Crippen molar-refractivity contribution in [2.75, 3.05) is 39.4 Å². The van der Waals surface area contributed by atoms with Crippen molar-refractivity contribution in [3.63, 3.8) is 0 Å². The van der Waals surface area contributed by atoms with E-state index in [1.807, 2.05) is 30.3 Å². The van der Waals surface area contributed by atoms with Crippen LogP contribution in [0.5, 0.6) is 17.2 Å². The van der Waals surface area contributed by atoms with Crippen LogP contribution in [-0.4, -0.2) is 51.4 Å². The van der Waals surface area contributed by atoms with Gasteiger partial charge in [0.25, 0.3) is 0 Å². The lowest BCUT2D eigenvalue weighted by molar-refractivity contribution is 0.103. The number of nitrogens with zero attached hydrogens (tertiary/aromatic N) is 1. The van der Waals surface area contributed by atoms with E-state index in [0.717, 1.165) is 30.6 Å². The number of aliphatic hydroxyl groups excluding tert-OH is 1. The second-order valence-corrected chi connectivity index (χ2v) is 7.62. The molecule has 7 nitrogen and oxygen atoms in total. The Labute approximate surface area is 187 Å². The number of anilines is 1. The number of ether oxygens (including phenoxy) is 3. The van der Waals surface area contributed by atoms with Gasteiger partial charge in [0.15, 0.2) is 17.3 Å². The van der Waals surface area contributed by atoms with E-state index < -0.39 is 0 Å². The minimum atomic E-state index is -0.184. The van der Waals surface area contributed by atoms with Gasteiger partial charge in [-0.1, -0.05) is 0 Å². The number of methoxy groups -OCH3 is 3. The lowest BCUT2D eigenvalue weighted by atomic mass is 9.97. The zero-order valence-electron chi connectivity index (χ0n) is 18.5. The quantitative estimate of drug-likeness (QED) is 0.530. The number of carbonyl (C=O) groups excluding carboxylic acids is 1. The molecule has 0 saturated carbocycles. The number of furan rings is 1. The summed E-state index contributed by atoms with van der Waals surface area (Å²) in [6.45, 7) is 0.818. The molecule has 3 aromatic rings. The summed E-state index contributed by atoms with van der Waals surface area (Å²) in [6, 6.07) is 12.7. The molecule has 1 fully saturated rings. The fourth-order valence-corrected chi connectivity index (χ4v) is 4.27. The molecule has 0 aliphatic carbocycles. The summed E-state index contributed by atoms with van der Waals surface area (Å²) in [5.41, 5.74) is 2.52. The fraction of sp³-hybridized carbons (Fsp3) is 0.320. The van der Waals surface area contributed by atoms with E-state index in [4.69, 9.17) is 18.6 Å². The molecule has 0 bridgehead atoms. The average Bonchev–Trinajstić information content (AvgIpc) is 3.54. The van der Waals surface area contributed by atoms with E-state index in [-0.39, 0.29) is 18.4 Å². The highest BCUT2D eigenvalue weighted by Crippen LogP contribution is 2.40. The van der Waals surface area contributed by atoms with Crippen molar-refractivity contribution in [3.8, 4) is 28.6 Å². The summed E-state index contributed by atoms with van der Waals surface area (Å²) in [6.07, 6.45) is 3.45. The molecule has 0 radical (unpaired) electrons. The second-order valence-electron chi connectivity index (χ2n) is 7.62. The van der Waals surface area contributed by atoms with Crippen LogP contribution in [0.3, 0.4) is 0 Å². The van der Waals surface area contributed by atoms with E-state index >= 15 is 0 Å². The number of hydrogen-bond donors (Lipinski definition) is 1. The third kappa shape index (κ3) is 3.91. The monoisotopic (exact) mass is 437 g/mol. The minimum Gasteiger partial charge on any atom is -0.493 e. The molecule has 1 N–H and O–H groups in total. The van der Waals surface area contributed by atoms with Crippen molar-refractivity contribution in [2.45, 2.75) is 18.9 Å². The van der Waals surface area contributed by atoms with Crippen LogP contribution in [0.15, 0.2) is 53.1 Å². The molecule has 7 heteroatoms. The molecular weight excluding hydrogens is 410 g/mol. The molecular formula is C25H27NO6. The highest BCUT2D eigenvalue weighted by atomic mass is 16.5. The van der Waals surface area contributed by atoms with E-state index in [0.29, 0.717) is 34.1 Å². The van der Waals surface area contributed by atoms with Gasteiger partial charge in [0, 0.05) is 28.9 Å².